The molecule has 1 amide bonds. The van der Waals surface area contributed by atoms with E-state index < -0.39 is 17.7 Å². The number of amides is 1. The van der Waals surface area contributed by atoms with Crippen LogP contribution >= 0.6 is 0 Å². The Balaban J connectivity index is 1.87. The van der Waals surface area contributed by atoms with Gasteiger partial charge in [-0.25, -0.2) is 4.68 Å². The van der Waals surface area contributed by atoms with Crippen molar-refractivity contribution in [2.45, 2.75) is 13.0 Å². The van der Waals surface area contributed by atoms with Gasteiger partial charge in [0.2, 0.25) is 0 Å². The average molecular weight is 491 g/mol. The molecule has 36 heavy (non-hydrogen) atoms. The number of ether oxygens (including phenoxy) is 2. The molecule has 3 aromatic rings. The lowest BCUT2D eigenvalue weighted by atomic mass is 9.95. The number of hydrogen-bond acceptors (Lipinski definition) is 7. The molecule has 0 saturated carbocycles. The summed E-state index contributed by atoms with van der Waals surface area (Å²) in [4.78, 5) is 29.9. The molecule has 0 radical (unpaired) electrons. The van der Waals surface area contributed by atoms with Crippen LogP contribution in [0.1, 0.15) is 22.9 Å². The molecule has 1 saturated heterocycles. The Morgan fingerprint density at radius 2 is 1.75 bits per heavy atom. The predicted octanol–water partition coefficient (Wildman–Crippen LogP) is 3.18. The highest BCUT2D eigenvalue weighted by Crippen LogP contribution is 2.42. The molecule has 2 heterocycles. The Kier molecular flexibility index (Phi) is 7.12. The van der Waals surface area contributed by atoms with Crippen LogP contribution in [0.15, 0.2) is 60.3 Å². The van der Waals surface area contributed by atoms with E-state index in [0.29, 0.717) is 41.4 Å². The van der Waals surface area contributed by atoms with Crippen LogP contribution in [0.5, 0.6) is 11.5 Å². The summed E-state index contributed by atoms with van der Waals surface area (Å²) in [5, 5.41) is 15.9. The van der Waals surface area contributed by atoms with Gasteiger partial charge >= 0.3 is 0 Å². The number of aromatic nitrogens is 2. The van der Waals surface area contributed by atoms with Crippen molar-refractivity contribution in [1.82, 2.24) is 19.6 Å². The van der Waals surface area contributed by atoms with Crippen LogP contribution in [0.25, 0.3) is 11.4 Å². The molecule has 0 bridgehead atoms. The van der Waals surface area contributed by atoms with Gasteiger partial charge in [0.05, 0.1) is 49.0 Å². The van der Waals surface area contributed by atoms with E-state index in [2.05, 4.69) is 5.10 Å². The van der Waals surface area contributed by atoms with Crippen LogP contribution in [0.4, 0.5) is 0 Å². The number of para-hydroxylation sites is 1. The maximum atomic E-state index is 13.3. The van der Waals surface area contributed by atoms with Crippen molar-refractivity contribution in [1.29, 1.82) is 0 Å². The van der Waals surface area contributed by atoms with Gasteiger partial charge in [-0.3, -0.25) is 9.59 Å². The number of rotatable bonds is 8. The number of Topliss-reactive ketones (excluding diaryl/α,β-unsaturated/α-hetero) is 1. The topological polar surface area (TPSA) is 97.1 Å². The Labute approximate surface area is 210 Å². The number of carbonyl (C=O) groups excluding carboxylic acids is 2. The lowest BCUT2D eigenvalue weighted by Crippen LogP contribution is -2.35. The summed E-state index contributed by atoms with van der Waals surface area (Å²) in [6, 6.07) is 13.9. The molecule has 188 valence electrons. The van der Waals surface area contributed by atoms with E-state index in [0.717, 1.165) is 5.69 Å². The van der Waals surface area contributed by atoms with E-state index >= 15 is 0 Å². The molecular weight excluding hydrogens is 460 g/mol. The Morgan fingerprint density at radius 3 is 2.39 bits per heavy atom. The van der Waals surface area contributed by atoms with E-state index in [1.165, 1.54) is 25.3 Å². The summed E-state index contributed by atoms with van der Waals surface area (Å²) in [7, 11) is 6.84. The first-order valence-corrected chi connectivity index (χ1v) is 11.5. The highest BCUT2D eigenvalue weighted by atomic mass is 16.5. The maximum absolute atomic E-state index is 13.3. The molecule has 0 spiro atoms. The van der Waals surface area contributed by atoms with Crippen LogP contribution in [0, 0.1) is 6.92 Å². The minimum atomic E-state index is -0.802. The molecule has 1 aliphatic rings. The third-order valence-electron chi connectivity index (χ3n) is 6.32. The van der Waals surface area contributed by atoms with Crippen molar-refractivity contribution in [3.8, 4) is 17.2 Å². The summed E-state index contributed by atoms with van der Waals surface area (Å²) < 4.78 is 12.5. The minimum absolute atomic E-state index is 0.0155. The quantitative estimate of drug-likeness (QED) is 0.294. The number of likely N-dealkylation sites (N-methyl/N-ethyl adjacent to an activating group) is 1. The number of benzene rings is 2. The van der Waals surface area contributed by atoms with Crippen molar-refractivity contribution >= 4 is 17.4 Å². The Morgan fingerprint density at radius 1 is 1.06 bits per heavy atom. The molecule has 1 fully saturated rings. The fourth-order valence-electron chi connectivity index (χ4n) is 4.40. The van der Waals surface area contributed by atoms with Gasteiger partial charge in [0, 0.05) is 13.1 Å². The molecule has 9 heteroatoms. The Bertz CT molecular complexity index is 1310. The zero-order valence-corrected chi connectivity index (χ0v) is 21.1. The van der Waals surface area contributed by atoms with Gasteiger partial charge in [-0.05, 0) is 50.8 Å². The number of nitrogens with zero attached hydrogens (tertiary/aromatic N) is 4. The van der Waals surface area contributed by atoms with Gasteiger partial charge in [-0.15, -0.1) is 0 Å². The molecule has 2 aromatic carbocycles. The molecule has 0 aliphatic carbocycles. The van der Waals surface area contributed by atoms with Crippen molar-refractivity contribution in [3.05, 3.63) is 77.1 Å². The van der Waals surface area contributed by atoms with Gasteiger partial charge in [-0.1, -0.05) is 24.3 Å². The fraction of sp³-hybridized carbons (Fsp3) is 0.296. The van der Waals surface area contributed by atoms with Gasteiger partial charge in [-0.2, -0.15) is 5.10 Å². The molecular formula is C27H30N4O5. The number of aliphatic hydroxyl groups excluding tert-OH is 1. The largest absolute Gasteiger partial charge is 0.507 e. The van der Waals surface area contributed by atoms with Crippen LogP contribution in [0.3, 0.4) is 0 Å². The zero-order chi connectivity index (χ0) is 26.0. The van der Waals surface area contributed by atoms with Crippen molar-refractivity contribution < 1.29 is 24.2 Å². The second-order valence-electron chi connectivity index (χ2n) is 8.80. The average Bonchev–Trinajstić information content (AvgIpc) is 3.39. The summed E-state index contributed by atoms with van der Waals surface area (Å²) in [5.74, 6) is -0.683. The van der Waals surface area contributed by atoms with Crippen molar-refractivity contribution in [3.63, 3.8) is 0 Å². The zero-order valence-electron chi connectivity index (χ0n) is 21.1. The van der Waals surface area contributed by atoms with Crippen molar-refractivity contribution in [2.75, 3.05) is 41.4 Å². The smallest absolute Gasteiger partial charge is 0.295 e. The van der Waals surface area contributed by atoms with E-state index in [4.69, 9.17) is 9.47 Å². The van der Waals surface area contributed by atoms with Gasteiger partial charge < -0.3 is 24.4 Å². The first-order chi connectivity index (χ1) is 17.3. The van der Waals surface area contributed by atoms with Crippen LogP contribution < -0.4 is 9.47 Å². The number of carbonyl (C=O) groups is 2. The highest BCUT2D eigenvalue weighted by Gasteiger charge is 2.46. The lowest BCUT2D eigenvalue weighted by Gasteiger charge is -2.27. The van der Waals surface area contributed by atoms with E-state index in [1.54, 1.807) is 22.9 Å². The number of methoxy groups -OCH3 is 2. The standard InChI is InChI=1S/C27H30N4O5/c1-17-20(16-28-31(17)19-9-7-6-8-10-19)25(32)23-24(18-11-12-21(35-4)22(15-18)36-5)30(14-13-29(2)3)27(34)26(23)33/h6-12,15-16,24,32H,13-14H2,1-5H3/t24-/m0/s1. The Hall–Kier alpha value is -4.11. The molecule has 1 aromatic heterocycles. The molecule has 1 atom stereocenters. The number of likely N-dealkylation sites (tertiary alicyclic amines) is 1. The molecule has 0 unspecified atom stereocenters. The second-order valence-corrected chi connectivity index (χ2v) is 8.80. The maximum Gasteiger partial charge on any atom is 0.295 e. The molecule has 1 N–H and O–H groups in total. The van der Waals surface area contributed by atoms with Crippen LogP contribution in [-0.2, 0) is 9.59 Å². The first-order valence-electron chi connectivity index (χ1n) is 11.5. The third kappa shape index (κ3) is 4.45. The van der Waals surface area contributed by atoms with E-state index in [-0.39, 0.29) is 11.3 Å². The van der Waals surface area contributed by atoms with E-state index in [1.807, 2.05) is 56.3 Å². The summed E-state index contributed by atoms with van der Waals surface area (Å²) >= 11 is 0. The van der Waals surface area contributed by atoms with Crippen LogP contribution in [-0.4, -0.2) is 77.8 Å². The number of ketones is 1. The highest BCUT2D eigenvalue weighted by molar-refractivity contribution is 6.46. The second kappa shape index (κ2) is 10.2. The number of hydrogen-bond donors (Lipinski definition) is 1. The van der Waals surface area contributed by atoms with Gasteiger partial charge in [0.15, 0.2) is 11.5 Å². The van der Waals surface area contributed by atoms with Crippen LogP contribution in [0.2, 0.25) is 0 Å². The molecule has 4 rings (SSSR count). The predicted molar refractivity (Wildman–Crippen MR) is 135 cm³/mol. The normalized spacial score (nSPS) is 17.2. The summed E-state index contributed by atoms with van der Waals surface area (Å²) in [6.45, 7) is 2.65. The van der Waals surface area contributed by atoms with Crippen molar-refractivity contribution in [2.24, 2.45) is 0 Å². The SMILES string of the molecule is COc1ccc([C@H]2C(=C(O)c3cnn(-c4ccccc4)c3C)C(=O)C(=O)N2CCN(C)C)cc1OC. The molecule has 1 aliphatic heterocycles. The van der Waals surface area contributed by atoms with E-state index in [9.17, 15) is 14.7 Å². The van der Waals surface area contributed by atoms with Gasteiger partial charge in [0.1, 0.15) is 5.76 Å². The summed E-state index contributed by atoms with van der Waals surface area (Å²) in [6.07, 6.45) is 1.51. The molecule has 9 nitrogen and oxygen atoms in total. The van der Waals surface area contributed by atoms with Gasteiger partial charge in [0.25, 0.3) is 11.7 Å². The third-order valence-corrected chi connectivity index (χ3v) is 6.32. The first kappa shape index (κ1) is 25.0. The fourth-order valence-corrected chi connectivity index (χ4v) is 4.40. The monoisotopic (exact) mass is 490 g/mol. The minimum Gasteiger partial charge on any atom is -0.507 e. The number of aliphatic hydroxyl groups is 1. The lowest BCUT2D eigenvalue weighted by molar-refractivity contribution is -0.140. The summed E-state index contributed by atoms with van der Waals surface area (Å²) in [5.41, 5.74) is 2.48.